The number of urea groups is 1. The third kappa shape index (κ3) is 12.8. The third-order valence-corrected chi connectivity index (χ3v) is 7.83. The van der Waals surface area contributed by atoms with Crippen LogP contribution in [0, 0.1) is 12.3 Å². The fraction of sp³-hybridized carbons (Fsp3) is 0.472. The number of carbonyl (C=O) groups excluding carboxylic acids is 1. The number of nitrogens with two attached hydrogens (primary N) is 1. The van der Waals surface area contributed by atoms with Gasteiger partial charge in [0.15, 0.2) is 5.84 Å². The van der Waals surface area contributed by atoms with Gasteiger partial charge in [0.25, 0.3) is 0 Å². The minimum atomic E-state index is -0.349. The van der Waals surface area contributed by atoms with Crippen LogP contribution in [0.15, 0.2) is 104 Å². The molecular weight excluding hydrogens is 592 g/mol. The van der Waals surface area contributed by atoms with E-state index in [2.05, 4.69) is 49.0 Å². The van der Waals surface area contributed by atoms with Gasteiger partial charge in [-0.25, -0.2) is 9.79 Å². The highest BCUT2D eigenvalue weighted by atomic mass is 16.5. The minimum absolute atomic E-state index is 0.204. The van der Waals surface area contributed by atoms with Crippen molar-refractivity contribution in [2.45, 2.75) is 59.4 Å². The smallest absolute Gasteiger partial charge is 0.320 e. The normalized spacial score (nSPS) is 18.7. The van der Waals surface area contributed by atoms with E-state index in [1.807, 2.05) is 64.1 Å². The molecule has 11 nitrogen and oxygen atoms in total. The molecule has 0 saturated carbocycles. The van der Waals surface area contributed by atoms with Crippen LogP contribution in [-0.2, 0) is 9.47 Å². The number of nitrogens with one attached hydrogen (secondary N) is 2. The zero-order valence-corrected chi connectivity index (χ0v) is 28.2. The fourth-order valence-corrected chi connectivity index (χ4v) is 4.91. The number of azo groups is 1. The molecule has 2 aliphatic heterocycles. The van der Waals surface area contributed by atoms with Crippen molar-refractivity contribution in [3.63, 3.8) is 0 Å². The maximum absolute atomic E-state index is 13.4. The van der Waals surface area contributed by atoms with Crippen LogP contribution in [0.25, 0.3) is 0 Å². The van der Waals surface area contributed by atoms with E-state index in [9.17, 15) is 4.79 Å². The van der Waals surface area contributed by atoms with Crippen LogP contribution in [0.3, 0.4) is 0 Å². The van der Waals surface area contributed by atoms with Gasteiger partial charge in [-0.3, -0.25) is 15.2 Å². The van der Waals surface area contributed by atoms with E-state index in [4.69, 9.17) is 20.2 Å². The number of amidine groups is 2. The quantitative estimate of drug-likeness (QED) is 0.149. The molecule has 1 atom stereocenters. The number of allylic oxidation sites excluding steroid dienone is 5. The van der Waals surface area contributed by atoms with E-state index >= 15 is 0 Å². The van der Waals surface area contributed by atoms with E-state index in [1.54, 1.807) is 12.3 Å². The first-order chi connectivity index (χ1) is 22.7. The number of ether oxygens (including phenoxy) is 2. The van der Waals surface area contributed by atoms with Gasteiger partial charge < -0.3 is 20.5 Å². The van der Waals surface area contributed by atoms with E-state index < -0.39 is 0 Å². The van der Waals surface area contributed by atoms with Crippen molar-refractivity contribution in [1.29, 1.82) is 0 Å². The lowest BCUT2D eigenvalue weighted by atomic mass is 9.92. The number of aliphatic imine (C=N–C) groups is 2. The van der Waals surface area contributed by atoms with Gasteiger partial charge in [0.1, 0.15) is 11.6 Å². The van der Waals surface area contributed by atoms with Crippen LogP contribution in [0.4, 0.5) is 10.5 Å². The van der Waals surface area contributed by atoms with Gasteiger partial charge in [-0.1, -0.05) is 56.7 Å². The van der Waals surface area contributed by atoms with Gasteiger partial charge in [-0.2, -0.15) is 5.11 Å². The molecule has 252 valence electrons. The Kier molecular flexibility index (Phi) is 13.7. The van der Waals surface area contributed by atoms with E-state index in [0.717, 1.165) is 54.9 Å². The van der Waals surface area contributed by atoms with Gasteiger partial charge >= 0.3 is 6.03 Å². The van der Waals surface area contributed by atoms with Crippen LogP contribution in [0.1, 0.15) is 52.0 Å². The molecule has 11 heteroatoms. The number of carbonyl (C=O) groups is 1. The van der Waals surface area contributed by atoms with Gasteiger partial charge in [-0.15, -0.1) is 5.11 Å². The molecule has 1 saturated heterocycles. The lowest BCUT2D eigenvalue weighted by molar-refractivity contribution is 0.0451. The summed E-state index contributed by atoms with van der Waals surface area (Å²) in [6.07, 6.45) is 16.8. The van der Waals surface area contributed by atoms with Crippen LogP contribution >= 0.6 is 0 Å². The summed E-state index contributed by atoms with van der Waals surface area (Å²) in [5, 5.41) is 14.5. The van der Waals surface area contributed by atoms with Crippen molar-refractivity contribution < 1.29 is 14.3 Å². The predicted octanol–water partition coefficient (Wildman–Crippen LogP) is 6.25. The van der Waals surface area contributed by atoms with Gasteiger partial charge in [-0.05, 0) is 62.5 Å². The topological polar surface area (TPSA) is 138 Å². The Morgan fingerprint density at radius 2 is 1.98 bits per heavy atom. The molecule has 1 unspecified atom stereocenters. The number of rotatable bonds is 11. The van der Waals surface area contributed by atoms with Crippen molar-refractivity contribution in [3.05, 3.63) is 89.5 Å². The summed E-state index contributed by atoms with van der Waals surface area (Å²) in [6, 6.07) is 7.25. The molecule has 1 aromatic rings. The summed E-state index contributed by atoms with van der Waals surface area (Å²) in [7, 11) is 0. The molecule has 0 bridgehead atoms. The van der Waals surface area contributed by atoms with Crippen molar-refractivity contribution in [3.8, 4) is 0 Å². The molecule has 0 aromatic heterocycles. The molecule has 4 N–H and O–H groups in total. The summed E-state index contributed by atoms with van der Waals surface area (Å²) in [5.41, 5.74) is 9.65. The Balaban J connectivity index is 1.37. The second-order valence-corrected chi connectivity index (χ2v) is 12.8. The maximum atomic E-state index is 13.4. The summed E-state index contributed by atoms with van der Waals surface area (Å²) in [4.78, 5) is 25.1. The monoisotopic (exact) mass is 642 g/mol. The highest BCUT2D eigenvalue weighted by molar-refractivity contribution is 6.05. The first-order valence-corrected chi connectivity index (χ1v) is 16.5. The average Bonchev–Trinajstić information content (AvgIpc) is 3.16. The van der Waals surface area contributed by atoms with Crippen LogP contribution in [0.2, 0.25) is 0 Å². The van der Waals surface area contributed by atoms with Gasteiger partial charge in [0.2, 0.25) is 0 Å². The number of benzene rings is 1. The summed E-state index contributed by atoms with van der Waals surface area (Å²) in [6.45, 7) is 12.7. The first kappa shape index (κ1) is 35.5. The number of hydrogen-bond donors (Lipinski definition) is 3. The SMILES string of the molecule is Cc1ccc(N=C(C=C(N)C(C)(C)C)NC(=O)NC(CCCOC2=CC=CN=NC(CN3CCOCC3)=NC2)C2=CCCC=C2)cc1. The highest BCUT2D eigenvalue weighted by Gasteiger charge is 2.19. The molecule has 1 aromatic carbocycles. The predicted molar refractivity (Wildman–Crippen MR) is 189 cm³/mol. The second-order valence-electron chi connectivity index (χ2n) is 12.8. The largest absolute Gasteiger partial charge is 0.496 e. The number of amides is 2. The van der Waals surface area contributed by atoms with Crippen LogP contribution < -0.4 is 16.4 Å². The molecule has 4 rings (SSSR count). The van der Waals surface area contributed by atoms with E-state index in [-0.39, 0.29) is 17.5 Å². The third-order valence-electron chi connectivity index (χ3n) is 7.83. The molecule has 47 heavy (non-hydrogen) atoms. The summed E-state index contributed by atoms with van der Waals surface area (Å²) >= 11 is 0. The molecule has 1 fully saturated rings. The molecule has 2 amide bonds. The minimum Gasteiger partial charge on any atom is -0.496 e. The number of nitrogens with zero attached hydrogens (tertiary/aromatic N) is 5. The van der Waals surface area contributed by atoms with E-state index in [0.29, 0.717) is 56.7 Å². The molecule has 1 aliphatic carbocycles. The van der Waals surface area contributed by atoms with E-state index in [1.165, 1.54) is 0 Å². The second kappa shape index (κ2) is 18.1. The Morgan fingerprint density at radius 3 is 2.70 bits per heavy atom. The first-order valence-electron chi connectivity index (χ1n) is 16.5. The molecule has 2 heterocycles. The van der Waals surface area contributed by atoms with Crippen molar-refractivity contribution in [2.24, 2.45) is 31.4 Å². The Labute approximate surface area is 279 Å². The lowest BCUT2D eigenvalue weighted by Gasteiger charge is -2.25. The van der Waals surface area contributed by atoms with Gasteiger partial charge in [0, 0.05) is 36.5 Å². The van der Waals surface area contributed by atoms with Crippen LogP contribution in [0.5, 0.6) is 0 Å². The Morgan fingerprint density at radius 1 is 1.19 bits per heavy atom. The molecular formula is C36H50N8O3. The zero-order valence-electron chi connectivity index (χ0n) is 28.2. The average molecular weight is 643 g/mol. The number of hydrogen-bond acceptors (Lipinski definition) is 9. The van der Waals surface area contributed by atoms with Crippen LogP contribution in [-0.4, -0.2) is 74.6 Å². The standard InChI is InChI=1S/C36H50N8O3/c1-27-14-16-29(17-15-27)40-33(24-32(37)36(2,3)4)42-35(45)41-31(28-10-6-5-7-11-28)13-9-21-47-30-12-8-18-39-43-34(38-25-30)26-44-19-22-46-23-20-44/h6,8,10-12,14-18,24,31H,5,7,9,13,19-23,25-26,37H2,1-4H3,(H2,40,41,42,45). The highest BCUT2D eigenvalue weighted by Crippen LogP contribution is 2.21. The summed E-state index contributed by atoms with van der Waals surface area (Å²) in [5.74, 6) is 1.79. The Hall–Kier alpha value is -4.35. The fourth-order valence-electron chi connectivity index (χ4n) is 4.91. The molecule has 0 radical (unpaired) electrons. The zero-order chi connectivity index (χ0) is 33.5. The van der Waals surface area contributed by atoms with Crippen molar-refractivity contribution in [1.82, 2.24) is 15.5 Å². The Bertz CT molecular complexity index is 1440. The number of aryl methyl sites for hydroxylation is 1. The maximum Gasteiger partial charge on any atom is 0.320 e. The number of morpholine rings is 1. The van der Waals surface area contributed by atoms with Crippen molar-refractivity contribution >= 4 is 23.4 Å². The van der Waals surface area contributed by atoms with Crippen molar-refractivity contribution in [2.75, 3.05) is 46.0 Å². The van der Waals surface area contributed by atoms with Gasteiger partial charge in [0.05, 0.1) is 44.6 Å². The molecule has 3 aliphatic rings. The molecule has 0 spiro atoms. The lowest BCUT2D eigenvalue weighted by Crippen LogP contribution is -2.45. The summed E-state index contributed by atoms with van der Waals surface area (Å²) < 4.78 is 11.6.